The van der Waals surface area contributed by atoms with E-state index >= 15 is 0 Å². The van der Waals surface area contributed by atoms with E-state index in [0.717, 1.165) is 22.1 Å². The topological polar surface area (TPSA) is 88.1 Å². The van der Waals surface area contributed by atoms with Gasteiger partial charge in [0.2, 0.25) is 0 Å². The molecular weight excluding hydrogens is 512 g/mol. The summed E-state index contributed by atoms with van der Waals surface area (Å²) in [5.41, 5.74) is 1.62. The standard InChI is InChI=1S/C27H35BrN2O5/c1-2-34-25(26(31)32)19-21-7-13-24(14-8-21)35-18-17-30(16-15-20-5-3-4-6-20)27(33)29-23-11-9-22(28)10-12-23/h7-14,20,25H,2-6,15-19H2,1H3,(H,29,33)(H,31,32). The molecule has 0 aromatic heterocycles. The van der Waals surface area contributed by atoms with Crippen LogP contribution in [0.2, 0.25) is 0 Å². The summed E-state index contributed by atoms with van der Waals surface area (Å²) < 4.78 is 12.1. The third-order valence-electron chi connectivity index (χ3n) is 6.28. The Morgan fingerprint density at radius 2 is 1.77 bits per heavy atom. The Morgan fingerprint density at radius 3 is 2.40 bits per heavy atom. The number of nitrogens with one attached hydrogen (secondary N) is 1. The van der Waals surface area contributed by atoms with Crippen LogP contribution in [0.1, 0.15) is 44.6 Å². The molecule has 2 N–H and O–H groups in total. The summed E-state index contributed by atoms with van der Waals surface area (Å²) in [7, 11) is 0. The third kappa shape index (κ3) is 9.18. The Hall–Kier alpha value is -2.58. The van der Waals surface area contributed by atoms with Gasteiger partial charge >= 0.3 is 12.0 Å². The Labute approximate surface area is 215 Å². The fourth-order valence-electron chi connectivity index (χ4n) is 4.32. The molecule has 0 heterocycles. The lowest BCUT2D eigenvalue weighted by Crippen LogP contribution is -2.39. The van der Waals surface area contributed by atoms with Gasteiger partial charge in [0.25, 0.3) is 0 Å². The molecule has 2 amide bonds. The third-order valence-corrected chi connectivity index (χ3v) is 6.81. The first-order chi connectivity index (χ1) is 16.9. The van der Waals surface area contributed by atoms with E-state index in [1.54, 1.807) is 6.92 Å². The predicted octanol–water partition coefficient (Wildman–Crippen LogP) is 5.97. The smallest absolute Gasteiger partial charge is 0.333 e. The average molecular weight is 547 g/mol. The van der Waals surface area contributed by atoms with Crippen molar-refractivity contribution in [3.8, 4) is 5.75 Å². The molecule has 7 nitrogen and oxygen atoms in total. The largest absolute Gasteiger partial charge is 0.492 e. The number of ether oxygens (including phenoxy) is 2. The summed E-state index contributed by atoms with van der Waals surface area (Å²) in [6, 6.07) is 14.8. The minimum absolute atomic E-state index is 0.125. The van der Waals surface area contributed by atoms with E-state index in [1.807, 2.05) is 53.4 Å². The number of anilines is 1. The summed E-state index contributed by atoms with van der Waals surface area (Å²) in [6.45, 7) is 3.67. The molecule has 0 aliphatic heterocycles. The lowest BCUT2D eigenvalue weighted by molar-refractivity contribution is -0.149. The van der Waals surface area contributed by atoms with E-state index in [-0.39, 0.29) is 6.03 Å². The molecule has 1 saturated carbocycles. The number of carbonyl (C=O) groups excluding carboxylic acids is 1. The number of carbonyl (C=O) groups is 2. The number of aliphatic carboxylic acids is 1. The minimum Gasteiger partial charge on any atom is -0.492 e. The molecule has 0 bridgehead atoms. The number of carboxylic acid groups (broad SMARTS) is 1. The van der Waals surface area contributed by atoms with E-state index in [9.17, 15) is 14.7 Å². The van der Waals surface area contributed by atoms with Gasteiger partial charge in [0, 0.05) is 29.7 Å². The van der Waals surface area contributed by atoms with Gasteiger partial charge in [-0.1, -0.05) is 53.7 Å². The average Bonchev–Trinajstić information content (AvgIpc) is 3.37. The number of halogens is 1. The van der Waals surface area contributed by atoms with Crippen LogP contribution in [0, 0.1) is 5.92 Å². The van der Waals surface area contributed by atoms with Crippen molar-refractivity contribution < 1.29 is 24.2 Å². The minimum atomic E-state index is -0.966. The van der Waals surface area contributed by atoms with Crippen LogP contribution in [-0.2, 0) is 16.0 Å². The molecule has 0 radical (unpaired) electrons. The highest BCUT2D eigenvalue weighted by Crippen LogP contribution is 2.27. The van der Waals surface area contributed by atoms with Crippen molar-refractivity contribution in [2.24, 2.45) is 5.92 Å². The number of urea groups is 1. The molecule has 2 aromatic rings. The van der Waals surface area contributed by atoms with Gasteiger partial charge in [-0.2, -0.15) is 0 Å². The van der Waals surface area contributed by atoms with Crippen LogP contribution in [0.5, 0.6) is 5.75 Å². The second-order valence-corrected chi connectivity index (χ2v) is 9.76. The summed E-state index contributed by atoms with van der Waals surface area (Å²) >= 11 is 3.42. The summed E-state index contributed by atoms with van der Waals surface area (Å²) in [5.74, 6) is 0.408. The van der Waals surface area contributed by atoms with Crippen LogP contribution < -0.4 is 10.1 Å². The second-order valence-electron chi connectivity index (χ2n) is 8.84. The highest BCUT2D eigenvalue weighted by molar-refractivity contribution is 9.10. The van der Waals surface area contributed by atoms with E-state index in [1.165, 1.54) is 25.7 Å². The Kier molecular flexibility index (Phi) is 10.9. The molecule has 3 rings (SSSR count). The van der Waals surface area contributed by atoms with Crippen LogP contribution >= 0.6 is 15.9 Å². The van der Waals surface area contributed by atoms with E-state index in [0.29, 0.717) is 44.4 Å². The van der Waals surface area contributed by atoms with E-state index in [4.69, 9.17) is 9.47 Å². The fraction of sp³-hybridized carbons (Fsp3) is 0.481. The molecule has 190 valence electrons. The van der Waals surface area contributed by atoms with Crippen LogP contribution in [-0.4, -0.2) is 54.4 Å². The molecule has 1 aliphatic rings. The van der Waals surface area contributed by atoms with Crippen molar-refractivity contribution >= 4 is 33.6 Å². The quantitative estimate of drug-likeness (QED) is 0.323. The van der Waals surface area contributed by atoms with Gasteiger partial charge in [-0.25, -0.2) is 9.59 Å². The molecule has 1 aliphatic carbocycles. The molecule has 35 heavy (non-hydrogen) atoms. The van der Waals surface area contributed by atoms with Gasteiger partial charge in [0.15, 0.2) is 6.10 Å². The predicted molar refractivity (Wildman–Crippen MR) is 140 cm³/mol. The molecule has 1 unspecified atom stereocenters. The van der Waals surface area contributed by atoms with Gasteiger partial charge in [-0.05, 0) is 61.2 Å². The molecule has 0 saturated heterocycles. The number of nitrogens with zero attached hydrogens (tertiary/aromatic N) is 1. The first-order valence-corrected chi connectivity index (χ1v) is 13.1. The zero-order valence-corrected chi connectivity index (χ0v) is 21.8. The van der Waals surface area contributed by atoms with Crippen molar-refractivity contribution in [3.05, 3.63) is 58.6 Å². The monoisotopic (exact) mass is 546 g/mol. The molecule has 1 fully saturated rings. The lowest BCUT2D eigenvalue weighted by atomic mass is 10.0. The number of hydrogen-bond donors (Lipinski definition) is 2. The van der Waals surface area contributed by atoms with Gasteiger partial charge in [0.05, 0.1) is 6.54 Å². The van der Waals surface area contributed by atoms with Crippen molar-refractivity contribution in [1.29, 1.82) is 0 Å². The van der Waals surface area contributed by atoms with E-state index < -0.39 is 12.1 Å². The highest BCUT2D eigenvalue weighted by Gasteiger charge is 2.20. The SMILES string of the molecule is CCOC(Cc1ccc(OCCN(CCC2CCCC2)C(=O)Nc2ccc(Br)cc2)cc1)C(=O)O. The van der Waals surface area contributed by atoms with Crippen molar-refractivity contribution in [1.82, 2.24) is 4.90 Å². The maximum absolute atomic E-state index is 13.0. The molecule has 0 spiro atoms. The summed E-state index contributed by atoms with van der Waals surface area (Å²) in [6.07, 6.45) is 5.51. The van der Waals surface area contributed by atoms with Crippen molar-refractivity contribution in [2.75, 3.05) is 31.6 Å². The zero-order valence-electron chi connectivity index (χ0n) is 20.2. The fourth-order valence-corrected chi connectivity index (χ4v) is 4.58. The van der Waals surface area contributed by atoms with Gasteiger partial charge in [-0.3, -0.25) is 0 Å². The van der Waals surface area contributed by atoms with Crippen LogP contribution in [0.4, 0.5) is 10.5 Å². The van der Waals surface area contributed by atoms with Crippen LogP contribution in [0.25, 0.3) is 0 Å². The van der Waals surface area contributed by atoms with Gasteiger partial charge < -0.3 is 24.8 Å². The van der Waals surface area contributed by atoms with Crippen molar-refractivity contribution in [2.45, 2.75) is 51.6 Å². The Morgan fingerprint density at radius 1 is 1.09 bits per heavy atom. The zero-order chi connectivity index (χ0) is 25.0. The highest BCUT2D eigenvalue weighted by atomic mass is 79.9. The molecular formula is C27H35BrN2O5. The maximum atomic E-state index is 13.0. The molecule has 8 heteroatoms. The van der Waals surface area contributed by atoms with Crippen molar-refractivity contribution in [3.63, 3.8) is 0 Å². The van der Waals surface area contributed by atoms with Crippen LogP contribution in [0.15, 0.2) is 53.0 Å². The number of amides is 2. The van der Waals surface area contributed by atoms with Gasteiger partial charge in [-0.15, -0.1) is 0 Å². The maximum Gasteiger partial charge on any atom is 0.333 e. The summed E-state index contributed by atoms with van der Waals surface area (Å²) in [5, 5.41) is 12.3. The molecule has 1 atom stereocenters. The number of rotatable bonds is 13. The number of benzene rings is 2. The second kappa shape index (κ2) is 14.1. The lowest BCUT2D eigenvalue weighted by Gasteiger charge is -2.24. The molecule has 2 aromatic carbocycles. The Balaban J connectivity index is 1.53. The number of hydrogen-bond acceptors (Lipinski definition) is 4. The Bertz CT molecular complexity index is 930. The summed E-state index contributed by atoms with van der Waals surface area (Å²) in [4.78, 5) is 26.1. The van der Waals surface area contributed by atoms with Crippen LogP contribution in [0.3, 0.4) is 0 Å². The first kappa shape index (κ1) is 27.0. The first-order valence-electron chi connectivity index (χ1n) is 12.3. The van der Waals surface area contributed by atoms with Gasteiger partial charge in [0.1, 0.15) is 12.4 Å². The number of carboxylic acids is 1. The normalized spacial score (nSPS) is 14.5. The van der Waals surface area contributed by atoms with E-state index in [2.05, 4.69) is 21.2 Å².